The molecule has 18 heavy (non-hydrogen) atoms. The lowest BCUT2D eigenvalue weighted by atomic mass is 9.95. The van der Waals surface area contributed by atoms with Gasteiger partial charge in [0.05, 0.1) is 11.7 Å². The van der Waals surface area contributed by atoms with Crippen molar-refractivity contribution in [2.45, 2.75) is 57.7 Å². The summed E-state index contributed by atoms with van der Waals surface area (Å²) in [7, 11) is 0. The van der Waals surface area contributed by atoms with Gasteiger partial charge in [0.15, 0.2) is 0 Å². The van der Waals surface area contributed by atoms with E-state index in [0.29, 0.717) is 0 Å². The summed E-state index contributed by atoms with van der Waals surface area (Å²) in [5.74, 6) is 0. The second kappa shape index (κ2) is 5.37. The van der Waals surface area contributed by atoms with Gasteiger partial charge >= 0.3 is 0 Å². The summed E-state index contributed by atoms with van der Waals surface area (Å²) in [6.45, 7) is 7.92. The van der Waals surface area contributed by atoms with Gasteiger partial charge in [0.2, 0.25) is 0 Å². The molecule has 0 bridgehead atoms. The highest BCUT2D eigenvalue weighted by Gasteiger charge is 2.39. The van der Waals surface area contributed by atoms with E-state index in [1.807, 2.05) is 12.3 Å². The first-order valence-electron chi connectivity index (χ1n) is 6.99. The molecule has 2 atom stereocenters. The predicted molar refractivity (Wildman–Crippen MR) is 75.3 cm³/mol. The summed E-state index contributed by atoms with van der Waals surface area (Å²) in [6, 6.07) is 6.52. The van der Waals surface area contributed by atoms with Crippen molar-refractivity contribution in [1.82, 2.24) is 9.88 Å². The second-order valence-corrected chi connectivity index (χ2v) is 5.88. The molecule has 2 heterocycles. The number of nitrogens with two attached hydrogens (primary N) is 1. The van der Waals surface area contributed by atoms with Crippen molar-refractivity contribution in [2.24, 2.45) is 5.73 Å². The van der Waals surface area contributed by atoms with Crippen LogP contribution in [0.5, 0.6) is 0 Å². The minimum atomic E-state index is 0.150. The highest BCUT2D eigenvalue weighted by molar-refractivity contribution is 5.13. The van der Waals surface area contributed by atoms with Crippen LogP contribution in [0.4, 0.5) is 0 Å². The number of aromatic nitrogens is 1. The molecule has 1 saturated heterocycles. The molecule has 0 aliphatic carbocycles. The summed E-state index contributed by atoms with van der Waals surface area (Å²) < 4.78 is 0. The van der Waals surface area contributed by atoms with Gasteiger partial charge in [-0.25, -0.2) is 0 Å². The van der Waals surface area contributed by atoms with Crippen molar-refractivity contribution >= 4 is 0 Å². The summed E-state index contributed by atoms with van der Waals surface area (Å²) in [6.07, 6.45) is 5.35. The third-order valence-electron chi connectivity index (χ3n) is 4.17. The summed E-state index contributed by atoms with van der Waals surface area (Å²) in [5, 5.41) is 0. The Bertz CT molecular complexity index is 375. The molecule has 1 aromatic rings. The largest absolute Gasteiger partial charge is 0.326 e. The first-order chi connectivity index (χ1) is 8.56. The fraction of sp³-hybridized carbons (Fsp3) is 0.667. The van der Waals surface area contributed by atoms with Crippen molar-refractivity contribution < 1.29 is 0 Å². The molecule has 1 fully saturated rings. The van der Waals surface area contributed by atoms with Crippen molar-refractivity contribution in [3.63, 3.8) is 0 Å². The highest BCUT2D eigenvalue weighted by atomic mass is 15.3. The van der Waals surface area contributed by atoms with Crippen LogP contribution in [0.15, 0.2) is 24.4 Å². The van der Waals surface area contributed by atoms with Crippen LogP contribution < -0.4 is 5.73 Å². The average Bonchev–Trinajstić information content (AvgIpc) is 2.71. The van der Waals surface area contributed by atoms with Gasteiger partial charge < -0.3 is 5.73 Å². The molecule has 100 valence electrons. The Hall–Kier alpha value is -0.930. The number of likely N-dealkylation sites (tertiary alicyclic amines) is 1. The van der Waals surface area contributed by atoms with Crippen molar-refractivity contribution in [3.8, 4) is 0 Å². The molecular weight excluding hydrogens is 222 g/mol. The van der Waals surface area contributed by atoms with E-state index in [2.05, 4.69) is 42.8 Å². The van der Waals surface area contributed by atoms with E-state index in [1.165, 1.54) is 12.8 Å². The first-order valence-corrected chi connectivity index (χ1v) is 6.99. The molecule has 3 nitrogen and oxygen atoms in total. The second-order valence-electron chi connectivity index (χ2n) is 5.88. The molecular formula is C15H25N3. The Morgan fingerprint density at radius 2 is 2.22 bits per heavy atom. The van der Waals surface area contributed by atoms with Gasteiger partial charge in [-0.2, -0.15) is 0 Å². The molecule has 1 aromatic heterocycles. The molecule has 1 aliphatic rings. The van der Waals surface area contributed by atoms with Crippen LogP contribution in [0.25, 0.3) is 0 Å². The lowest BCUT2D eigenvalue weighted by Crippen LogP contribution is -2.48. The van der Waals surface area contributed by atoms with Crippen LogP contribution in [-0.2, 0) is 0 Å². The van der Waals surface area contributed by atoms with Crippen molar-refractivity contribution in [3.05, 3.63) is 30.1 Å². The van der Waals surface area contributed by atoms with Crippen LogP contribution in [-0.4, -0.2) is 28.0 Å². The quantitative estimate of drug-likeness (QED) is 0.889. The highest BCUT2D eigenvalue weighted by Crippen LogP contribution is 2.37. The maximum absolute atomic E-state index is 6.37. The van der Waals surface area contributed by atoms with Gasteiger partial charge in [0, 0.05) is 17.8 Å². The zero-order chi connectivity index (χ0) is 13.2. The summed E-state index contributed by atoms with van der Waals surface area (Å²) in [5.41, 5.74) is 7.71. The Morgan fingerprint density at radius 1 is 1.44 bits per heavy atom. The van der Waals surface area contributed by atoms with Crippen LogP contribution in [0.1, 0.15) is 51.8 Å². The fourth-order valence-electron chi connectivity index (χ4n) is 3.03. The molecule has 2 N–H and O–H groups in total. The van der Waals surface area contributed by atoms with Crippen molar-refractivity contribution in [1.29, 1.82) is 0 Å². The van der Waals surface area contributed by atoms with Crippen LogP contribution in [0, 0.1) is 0 Å². The van der Waals surface area contributed by atoms with Gasteiger partial charge in [0.25, 0.3) is 0 Å². The van der Waals surface area contributed by atoms with E-state index < -0.39 is 0 Å². The Labute approximate surface area is 110 Å². The van der Waals surface area contributed by atoms with Gasteiger partial charge in [-0.1, -0.05) is 13.0 Å². The topological polar surface area (TPSA) is 42.1 Å². The predicted octanol–water partition coefficient (Wildman–Crippen LogP) is 2.73. The SMILES string of the molecule is CCC(N)C(c1ccccn1)N1CCCC1(C)C. The molecule has 3 heteroatoms. The zero-order valence-electron chi connectivity index (χ0n) is 11.8. The third kappa shape index (κ3) is 2.57. The Kier molecular flexibility index (Phi) is 4.03. The molecule has 0 aromatic carbocycles. The van der Waals surface area contributed by atoms with Gasteiger partial charge in [-0.05, 0) is 51.8 Å². The third-order valence-corrected chi connectivity index (χ3v) is 4.17. The number of pyridine rings is 1. The van der Waals surface area contributed by atoms with E-state index in [9.17, 15) is 0 Å². The van der Waals surface area contributed by atoms with Crippen LogP contribution in [0.2, 0.25) is 0 Å². The summed E-state index contributed by atoms with van der Waals surface area (Å²) >= 11 is 0. The van der Waals surface area contributed by atoms with Gasteiger partial charge in [0.1, 0.15) is 0 Å². The van der Waals surface area contributed by atoms with Crippen molar-refractivity contribution in [2.75, 3.05) is 6.54 Å². The normalized spacial score (nSPS) is 22.9. The van der Waals surface area contributed by atoms with E-state index in [0.717, 1.165) is 18.7 Å². The lowest BCUT2D eigenvalue weighted by molar-refractivity contribution is 0.0939. The minimum Gasteiger partial charge on any atom is -0.326 e. The molecule has 0 saturated carbocycles. The maximum Gasteiger partial charge on any atom is 0.0677 e. The minimum absolute atomic E-state index is 0.150. The smallest absolute Gasteiger partial charge is 0.0677 e. The maximum atomic E-state index is 6.37. The van der Waals surface area contributed by atoms with Crippen LogP contribution >= 0.6 is 0 Å². The van der Waals surface area contributed by atoms with E-state index in [4.69, 9.17) is 5.73 Å². The number of rotatable bonds is 4. The lowest BCUT2D eigenvalue weighted by Gasteiger charge is -2.40. The Morgan fingerprint density at radius 3 is 2.72 bits per heavy atom. The molecule has 2 unspecified atom stereocenters. The Balaban J connectivity index is 2.32. The zero-order valence-corrected chi connectivity index (χ0v) is 11.8. The van der Waals surface area contributed by atoms with E-state index in [1.54, 1.807) is 0 Å². The van der Waals surface area contributed by atoms with Crippen LogP contribution in [0.3, 0.4) is 0 Å². The fourth-order valence-corrected chi connectivity index (χ4v) is 3.03. The number of hydrogen-bond donors (Lipinski definition) is 1. The number of nitrogens with zero attached hydrogens (tertiary/aromatic N) is 2. The monoisotopic (exact) mass is 247 g/mol. The van der Waals surface area contributed by atoms with E-state index in [-0.39, 0.29) is 17.6 Å². The molecule has 0 spiro atoms. The number of hydrogen-bond acceptors (Lipinski definition) is 3. The average molecular weight is 247 g/mol. The molecule has 2 rings (SSSR count). The molecule has 0 amide bonds. The van der Waals surface area contributed by atoms with Gasteiger partial charge in [-0.3, -0.25) is 9.88 Å². The molecule has 0 radical (unpaired) electrons. The summed E-state index contributed by atoms with van der Waals surface area (Å²) in [4.78, 5) is 7.08. The van der Waals surface area contributed by atoms with E-state index >= 15 is 0 Å². The standard InChI is InChI=1S/C15H25N3/c1-4-12(16)14(13-8-5-6-10-17-13)18-11-7-9-15(18,2)3/h5-6,8,10,12,14H,4,7,9,11,16H2,1-3H3. The first kappa shape index (κ1) is 13.5. The van der Waals surface area contributed by atoms with Gasteiger partial charge in [-0.15, -0.1) is 0 Å². The molecule has 1 aliphatic heterocycles.